The molecule has 0 saturated heterocycles. The Morgan fingerprint density at radius 2 is 1.68 bits per heavy atom. The number of aryl methyl sites for hydroxylation is 1. The monoisotopic (exact) mass is 354 g/mol. The molecular weight excluding hydrogens is 336 g/mol. The Hall–Kier alpha value is -2.75. The number of ketones is 1. The molecule has 25 heavy (non-hydrogen) atoms. The summed E-state index contributed by atoms with van der Waals surface area (Å²) < 4.78 is 27.9. The van der Waals surface area contributed by atoms with E-state index in [1.807, 2.05) is 13.0 Å². The fourth-order valence-corrected chi connectivity index (χ4v) is 3.45. The average Bonchev–Trinajstić information content (AvgIpc) is 2.59. The van der Waals surface area contributed by atoms with E-state index in [0.717, 1.165) is 5.56 Å². The third kappa shape index (κ3) is 4.41. The predicted molar refractivity (Wildman–Crippen MR) is 95.2 cm³/mol. The lowest BCUT2D eigenvalue weighted by atomic mass is 9.97. The largest absolute Gasteiger partial charge is 0.295 e. The molecule has 0 aliphatic rings. The van der Waals surface area contributed by atoms with Gasteiger partial charge in [0.25, 0.3) is 0 Å². The molecule has 6 heteroatoms. The molecule has 0 aliphatic heterocycles. The molecule has 0 fully saturated rings. The summed E-state index contributed by atoms with van der Waals surface area (Å²) in [4.78, 5) is 11.9. The molecule has 0 aromatic heterocycles. The van der Waals surface area contributed by atoms with Gasteiger partial charge in [0.05, 0.1) is 22.6 Å². The van der Waals surface area contributed by atoms with Crippen molar-refractivity contribution in [3.05, 3.63) is 77.4 Å². The Balaban J connectivity index is 2.42. The predicted octanol–water partition coefficient (Wildman–Crippen LogP) is 3.03. The number of nitriles is 1. The van der Waals surface area contributed by atoms with Gasteiger partial charge in [0.15, 0.2) is 5.78 Å². The molecule has 0 radical (unpaired) electrons. The minimum atomic E-state index is -3.85. The molecule has 1 N–H and O–H groups in total. The van der Waals surface area contributed by atoms with Gasteiger partial charge in [-0.2, -0.15) is 9.98 Å². The van der Waals surface area contributed by atoms with Crippen LogP contribution < -0.4 is 4.72 Å². The van der Waals surface area contributed by atoms with E-state index in [1.54, 1.807) is 36.4 Å². The molecule has 1 atom stereocenters. The number of hydrogen-bond acceptors (Lipinski definition) is 4. The number of hydrogen-bond donors (Lipinski definition) is 1. The second kappa shape index (κ2) is 7.43. The standard InChI is InChI=1S/C19H18N2O3S/c1-13-4-10-18(11-5-13)25(23,24)21-19(14(2)15(3)22)17-8-6-16(12-20)7-9-17/h4-11,19,21H,2H2,1,3H3/t19-/m1/s1. The van der Waals surface area contributed by atoms with E-state index >= 15 is 0 Å². The van der Waals surface area contributed by atoms with E-state index in [4.69, 9.17) is 5.26 Å². The number of Topliss-reactive ketones (excluding diaryl/α,β-unsaturated/α-hetero) is 1. The number of nitrogens with zero attached hydrogens (tertiary/aromatic N) is 1. The average molecular weight is 354 g/mol. The van der Waals surface area contributed by atoms with E-state index < -0.39 is 16.1 Å². The number of carbonyl (C=O) groups is 1. The lowest BCUT2D eigenvalue weighted by Gasteiger charge is -2.20. The minimum absolute atomic E-state index is 0.105. The number of nitrogens with one attached hydrogen (secondary N) is 1. The highest BCUT2D eigenvalue weighted by molar-refractivity contribution is 7.89. The van der Waals surface area contributed by atoms with Crippen molar-refractivity contribution in [2.24, 2.45) is 0 Å². The summed E-state index contributed by atoms with van der Waals surface area (Å²) >= 11 is 0. The normalized spacial score (nSPS) is 12.2. The van der Waals surface area contributed by atoms with E-state index in [2.05, 4.69) is 11.3 Å². The Morgan fingerprint density at radius 1 is 1.12 bits per heavy atom. The number of rotatable bonds is 6. The molecule has 2 aromatic rings. The van der Waals surface area contributed by atoms with E-state index in [9.17, 15) is 13.2 Å². The van der Waals surface area contributed by atoms with Crippen LogP contribution in [-0.4, -0.2) is 14.2 Å². The van der Waals surface area contributed by atoms with Crippen LogP contribution in [0.25, 0.3) is 0 Å². The summed E-state index contributed by atoms with van der Waals surface area (Å²) in [7, 11) is -3.85. The van der Waals surface area contributed by atoms with Gasteiger partial charge >= 0.3 is 0 Å². The Labute approximate surface area is 147 Å². The molecule has 0 heterocycles. The van der Waals surface area contributed by atoms with Crippen molar-refractivity contribution in [1.29, 1.82) is 5.26 Å². The van der Waals surface area contributed by atoms with Crippen LogP contribution in [0.3, 0.4) is 0 Å². The van der Waals surface area contributed by atoms with E-state index in [0.29, 0.717) is 11.1 Å². The molecule has 5 nitrogen and oxygen atoms in total. The molecule has 2 aromatic carbocycles. The van der Waals surface area contributed by atoms with Crippen LogP contribution in [0.15, 0.2) is 65.6 Å². The highest BCUT2D eigenvalue weighted by atomic mass is 32.2. The Morgan fingerprint density at radius 3 is 2.16 bits per heavy atom. The number of sulfonamides is 1. The zero-order chi connectivity index (χ0) is 18.6. The molecule has 0 amide bonds. The zero-order valence-corrected chi connectivity index (χ0v) is 14.8. The fourth-order valence-electron chi connectivity index (χ4n) is 2.23. The first-order valence-electron chi connectivity index (χ1n) is 7.53. The Kier molecular flexibility index (Phi) is 5.52. The molecule has 128 valence electrons. The first-order chi connectivity index (χ1) is 11.7. The molecule has 0 unspecified atom stereocenters. The lowest BCUT2D eigenvalue weighted by Crippen LogP contribution is -2.31. The van der Waals surface area contributed by atoms with Crippen LogP contribution in [-0.2, 0) is 14.8 Å². The topological polar surface area (TPSA) is 87.0 Å². The van der Waals surface area contributed by atoms with Crippen LogP contribution in [0, 0.1) is 18.3 Å². The van der Waals surface area contributed by atoms with Crippen molar-refractivity contribution in [2.45, 2.75) is 24.8 Å². The second-order valence-electron chi connectivity index (χ2n) is 5.68. The Bertz CT molecular complexity index is 938. The summed E-state index contributed by atoms with van der Waals surface area (Å²) in [5.41, 5.74) is 2.04. The number of carbonyl (C=O) groups excluding carboxylic acids is 1. The first-order valence-corrected chi connectivity index (χ1v) is 9.01. The highest BCUT2D eigenvalue weighted by Crippen LogP contribution is 2.24. The first kappa shape index (κ1) is 18.6. The van der Waals surface area contributed by atoms with Crippen LogP contribution in [0.1, 0.15) is 29.7 Å². The quantitative estimate of drug-likeness (QED) is 0.808. The summed E-state index contributed by atoms with van der Waals surface area (Å²) in [5, 5.41) is 8.89. The van der Waals surface area contributed by atoms with Gasteiger partial charge in [0.1, 0.15) is 0 Å². The number of benzene rings is 2. The minimum Gasteiger partial charge on any atom is -0.295 e. The van der Waals surface area contributed by atoms with Crippen LogP contribution in [0.2, 0.25) is 0 Å². The van der Waals surface area contributed by atoms with Gasteiger partial charge in [-0.05, 0) is 43.7 Å². The van der Waals surface area contributed by atoms with Gasteiger partial charge in [-0.3, -0.25) is 4.79 Å². The third-order valence-corrected chi connectivity index (χ3v) is 5.22. The maximum Gasteiger partial charge on any atom is 0.241 e. The maximum atomic E-state index is 12.7. The lowest BCUT2D eigenvalue weighted by molar-refractivity contribution is -0.113. The van der Waals surface area contributed by atoms with Gasteiger partial charge in [-0.1, -0.05) is 36.4 Å². The molecular formula is C19H18N2O3S. The highest BCUT2D eigenvalue weighted by Gasteiger charge is 2.25. The summed E-state index contributed by atoms with van der Waals surface area (Å²) in [6.07, 6.45) is 0. The van der Waals surface area contributed by atoms with Crippen LogP contribution >= 0.6 is 0 Å². The van der Waals surface area contributed by atoms with E-state index in [-0.39, 0.29) is 16.3 Å². The van der Waals surface area contributed by atoms with Crippen LogP contribution in [0.4, 0.5) is 0 Å². The smallest absolute Gasteiger partial charge is 0.241 e. The van der Waals surface area contributed by atoms with Gasteiger partial charge in [-0.25, -0.2) is 8.42 Å². The van der Waals surface area contributed by atoms with Crippen molar-refractivity contribution in [2.75, 3.05) is 0 Å². The SMILES string of the molecule is C=C(C(C)=O)[C@@H](NS(=O)(=O)c1ccc(C)cc1)c1ccc(C#N)cc1. The van der Waals surface area contributed by atoms with E-state index in [1.165, 1.54) is 19.1 Å². The fraction of sp³-hybridized carbons (Fsp3) is 0.158. The van der Waals surface area contributed by atoms with Crippen molar-refractivity contribution in [1.82, 2.24) is 4.72 Å². The maximum absolute atomic E-state index is 12.7. The summed E-state index contributed by atoms with van der Waals surface area (Å²) in [5.74, 6) is -0.319. The third-order valence-electron chi connectivity index (χ3n) is 3.78. The molecule has 0 bridgehead atoms. The van der Waals surface area contributed by atoms with Gasteiger partial charge in [0.2, 0.25) is 10.0 Å². The molecule has 0 spiro atoms. The van der Waals surface area contributed by atoms with Crippen molar-refractivity contribution < 1.29 is 13.2 Å². The van der Waals surface area contributed by atoms with Crippen molar-refractivity contribution >= 4 is 15.8 Å². The van der Waals surface area contributed by atoms with Gasteiger partial charge in [-0.15, -0.1) is 0 Å². The van der Waals surface area contributed by atoms with Crippen LogP contribution in [0.5, 0.6) is 0 Å². The summed E-state index contributed by atoms with van der Waals surface area (Å²) in [6.45, 7) is 6.92. The molecule has 0 saturated carbocycles. The van der Waals surface area contributed by atoms with Gasteiger partial charge < -0.3 is 0 Å². The zero-order valence-electron chi connectivity index (χ0n) is 14.0. The second-order valence-corrected chi connectivity index (χ2v) is 7.40. The van der Waals surface area contributed by atoms with Crippen molar-refractivity contribution in [3.63, 3.8) is 0 Å². The van der Waals surface area contributed by atoms with Crippen molar-refractivity contribution in [3.8, 4) is 6.07 Å². The molecule has 2 rings (SSSR count). The van der Waals surface area contributed by atoms with Gasteiger partial charge in [0, 0.05) is 5.57 Å². The summed E-state index contributed by atoms with van der Waals surface area (Å²) in [6, 6.07) is 13.8. The molecule has 0 aliphatic carbocycles.